The van der Waals surface area contributed by atoms with E-state index in [0.29, 0.717) is 12.2 Å². The van der Waals surface area contributed by atoms with Crippen LogP contribution in [0, 0.1) is 13.8 Å². The van der Waals surface area contributed by atoms with Crippen molar-refractivity contribution in [3.8, 4) is 0 Å². The van der Waals surface area contributed by atoms with Gasteiger partial charge in [-0.3, -0.25) is 14.8 Å². The summed E-state index contributed by atoms with van der Waals surface area (Å²) >= 11 is 1.94. The fourth-order valence-electron chi connectivity index (χ4n) is 3.58. The van der Waals surface area contributed by atoms with Crippen molar-refractivity contribution in [2.75, 3.05) is 18.8 Å². The topological polar surface area (TPSA) is 55.3 Å². The SMILES string of the molecule is Cc1ccc(C(=O)N2CC3(C[C@H](OCc4cccc(C)n4)CS3)C2)cn1. The third kappa shape index (κ3) is 3.62. The van der Waals surface area contributed by atoms with Crippen molar-refractivity contribution in [1.82, 2.24) is 14.9 Å². The van der Waals surface area contributed by atoms with E-state index in [1.165, 1.54) is 0 Å². The van der Waals surface area contributed by atoms with E-state index in [2.05, 4.69) is 9.97 Å². The van der Waals surface area contributed by atoms with Crippen molar-refractivity contribution < 1.29 is 9.53 Å². The monoisotopic (exact) mass is 369 g/mol. The molecule has 5 nitrogen and oxygen atoms in total. The number of aromatic nitrogens is 2. The number of hydrogen-bond acceptors (Lipinski definition) is 5. The van der Waals surface area contributed by atoms with Crippen molar-refractivity contribution in [2.24, 2.45) is 0 Å². The fourth-order valence-corrected chi connectivity index (χ4v) is 5.13. The van der Waals surface area contributed by atoms with E-state index < -0.39 is 0 Å². The summed E-state index contributed by atoms with van der Waals surface area (Å²) in [6.07, 6.45) is 2.91. The van der Waals surface area contributed by atoms with Crippen LogP contribution in [0.15, 0.2) is 36.5 Å². The van der Waals surface area contributed by atoms with Gasteiger partial charge in [0, 0.05) is 36.4 Å². The maximum Gasteiger partial charge on any atom is 0.255 e. The molecule has 136 valence electrons. The largest absolute Gasteiger partial charge is 0.371 e. The molecule has 0 N–H and O–H groups in total. The number of amides is 1. The van der Waals surface area contributed by atoms with Crippen molar-refractivity contribution >= 4 is 17.7 Å². The second-order valence-electron chi connectivity index (χ2n) is 7.25. The Labute approximate surface area is 158 Å². The van der Waals surface area contributed by atoms with Crippen molar-refractivity contribution in [2.45, 2.75) is 37.7 Å². The summed E-state index contributed by atoms with van der Waals surface area (Å²) in [5.41, 5.74) is 3.60. The second-order valence-corrected chi connectivity index (χ2v) is 8.74. The molecule has 1 atom stereocenters. The minimum absolute atomic E-state index is 0.0806. The molecule has 0 aromatic carbocycles. The predicted octanol–water partition coefficient (Wildman–Crippen LogP) is 3.01. The number of carbonyl (C=O) groups excluding carboxylic acids is 1. The van der Waals surface area contributed by atoms with Crippen molar-refractivity contribution in [3.63, 3.8) is 0 Å². The average Bonchev–Trinajstić information content (AvgIpc) is 3.04. The first-order valence-electron chi connectivity index (χ1n) is 8.93. The highest BCUT2D eigenvalue weighted by Gasteiger charge is 2.51. The summed E-state index contributed by atoms with van der Waals surface area (Å²) in [5.74, 6) is 1.07. The number of nitrogens with zero attached hydrogens (tertiary/aromatic N) is 3. The van der Waals surface area contributed by atoms with Gasteiger partial charge in [-0.15, -0.1) is 11.8 Å². The molecule has 2 aromatic rings. The van der Waals surface area contributed by atoms with Gasteiger partial charge in [-0.1, -0.05) is 6.07 Å². The van der Waals surface area contributed by atoms with Crippen LogP contribution in [0.25, 0.3) is 0 Å². The number of likely N-dealkylation sites (tertiary alicyclic amines) is 1. The molecule has 2 aliphatic rings. The van der Waals surface area contributed by atoms with E-state index in [9.17, 15) is 4.79 Å². The Morgan fingerprint density at radius 2 is 2.12 bits per heavy atom. The third-order valence-corrected chi connectivity index (χ3v) is 6.57. The van der Waals surface area contributed by atoms with Gasteiger partial charge in [0.25, 0.3) is 5.91 Å². The first kappa shape index (κ1) is 17.5. The summed E-state index contributed by atoms with van der Waals surface area (Å²) in [6.45, 7) is 6.07. The van der Waals surface area contributed by atoms with Crippen LogP contribution in [-0.4, -0.2) is 50.5 Å². The lowest BCUT2D eigenvalue weighted by Gasteiger charge is -2.47. The van der Waals surface area contributed by atoms with E-state index in [1.54, 1.807) is 6.20 Å². The summed E-state index contributed by atoms with van der Waals surface area (Å²) < 4.78 is 6.24. The molecule has 26 heavy (non-hydrogen) atoms. The predicted molar refractivity (Wildman–Crippen MR) is 102 cm³/mol. The third-order valence-electron chi connectivity index (χ3n) is 4.99. The standard InChI is InChI=1S/C20H23N3O2S/c1-14-6-7-16(9-21-14)19(24)23-12-20(13-23)8-18(11-26-20)25-10-17-5-3-4-15(2)22-17/h3-7,9,18H,8,10-13H2,1-2H3/t18-/m0/s1. The van der Waals surface area contributed by atoms with Gasteiger partial charge in [0.2, 0.25) is 0 Å². The normalized spacial score (nSPS) is 21.0. The maximum atomic E-state index is 12.5. The van der Waals surface area contributed by atoms with Gasteiger partial charge in [-0.25, -0.2) is 0 Å². The molecule has 0 bridgehead atoms. The van der Waals surface area contributed by atoms with Gasteiger partial charge in [0.05, 0.1) is 28.7 Å². The number of carbonyl (C=O) groups is 1. The van der Waals surface area contributed by atoms with Crippen LogP contribution in [-0.2, 0) is 11.3 Å². The minimum Gasteiger partial charge on any atom is -0.371 e. The van der Waals surface area contributed by atoms with Gasteiger partial charge in [0.1, 0.15) is 0 Å². The molecule has 2 saturated heterocycles. The maximum absolute atomic E-state index is 12.5. The summed E-state index contributed by atoms with van der Waals surface area (Å²) in [4.78, 5) is 23.2. The Kier molecular flexibility index (Phi) is 4.71. The number of ether oxygens (including phenoxy) is 1. The molecule has 0 unspecified atom stereocenters. The highest BCUT2D eigenvalue weighted by Crippen LogP contribution is 2.46. The Bertz CT molecular complexity index is 803. The molecule has 1 amide bonds. The lowest BCUT2D eigenvalue weighted by molar-refractivity contribution is 0.0244. The number of pyridine rings is 2. The summed E-state index contributed by atoms with van der Waals surface area (Å²) in [6, 6.07) is 9.76. The van der Waals surface area contributed by atoms with Crippen LogP contribution >= 0.6 is 11.8 Å². The van der Waals surface area contributed by atoms with E-state index in [0.717, 1.165) is 42.3 Å². The fraction of sp³-hybridized carbons (Fsp3) is 0.450. The van der Waals surface area contributed by atoms with Crippen LogP contribution in [0.5, 0.6) is 0 Å². The Morgan fingerprint density at radius 3 is 2.85 bits per heavy atom. The number of thioether (sulfide) groups is 1. The van der Waals surface area contributed by atoms with Gasteiger partial charge in [-0.2, -0.15) is 0 Å². The molecule has 0 aliphatic carbocycles. The van der Waals surface area contributed by atoms with Gasteiger partial charge < -0.3 is 9.64 Å². The van der Waals surface area contributed by atoms with Crippen LogP contribution < -0.4 is 0 Å². The van der Waals surface area contributed by atoms with Crippen molar-refractivity contribution in [1.29, 1.82) is 0 Å². The number of hydrogen-bond donors (Lipinski definition) is 0. The molecule has 1 spiro atoms. The van der Waals surface area contributed by atoms with E-state index in [-0.39, 0.29) is 16.8 Å². The lowest BCUT2D eigenvalue weighted by Crippen LogP contribution is -2.60. The number of aryl methyl sites for hydroxylation is 2. The molecular formula is C20H23N3O2S. The van der Waals surface area contributed by atoms with E-state index >= 15 is 0 Å². The Balaban J connectivity index is 1.28. The van der Waals surface area contributed by atoms with Gasteiger partial charge in [0.15, 0.2) is 0 Å². The molecular weight excluding hydrogens is 346 g/mol. The van der Waals surface area contributed by atoms with E-state index in [1.807, 2.05) is 60.8 Å². The molecule has 4 rings (SSSR count). The smallest absolute Gasteiger partial charge is 0.255 e. The molecule has 0 saturated carbocycles. The Hall–Kier alpha value is -1.92. The van der Waals surface area contributed by atoms with Crippen LogP contribution in [0.3, 0.4) is 0 Å². The molecule has 2 fully saturated rings. The zero-order valence-corrected chi connectivity index (χ0v) is 16.0. The van der Waals surface area contributed by atoms with Crippen LogP contribution in [0.4, 0.5) is 0 Å². The summed E-state index contributed by atoms with van der Waals surface area (Å²) in [5, 5.41) is 0. The molecule has 2 aromatic heterocycles. The zero-order chi connectivity index (χ0) is 18.1. The molecule has 2 aliphatic heterocycles. The minimum atomic E-state index is 0.0806. The second kappa shape index (κ2) is 7.00. The molecule has 6 heteroatoms. The Morgan fingerprint density at radius 1 is 1.27 bits per heavy atom. The molecule has 0 radical (unpaired) electrons. The first-order valence-corrected chi connectivity index (χ1v) is 9.92. The number of rotatable bonds is 4. The quantitative estimate of drug-likeness (QED) is 0.829. The van der Waals surface area contributed by atoms with E-state index in [4.69, 9.17) is 4.74 Å². The summed E-state index contributed by atoms with van der Waals surface area (Å²) in [7, 11) is 0. The first-order chi connectivity index (χ1) is 12.5. The van der Waals surface area contributed by atoms with Gasteiger partial charge >= 0.3 is 0 Å². The highest BCUT2D eigenvalue weighted by molar-refractivity contribution is 8.01. The van der Waals surface area contributed by atoms with Crippen LogP contribution in [0.1, 0.15) is 33.9 Å². The average molecular weight is 369 g/mol. The highest BCUT2D eigenvalue weighted by atomic mass is 32.2. The van der Waals surface area contributed by atoms with Gasteiger partial charge in [-0.05, 0) is 44.5 Å². The zero-order valence-electron chi connectivity index (χ0n) is 15.1. The van der Waals surface area contributed by atoms with Crippen molar-refractivity contribution in [3.05, 3.63) is 59.2 Å². The lowest BCUT2D eigenvalue weighted by atomic mass is 9.92. The van der Waals surface area contributed by atoms with Crippen LogP contribution in [0.2, 0.25) is 0 Å². The molecule has 4 heterocycles.